The monoisotopic (exact) mass is 394 g/mol. The van der Waals surface area contributed by atoms with E-state index in [1.807, 2.05) is 0 Å². The summed E-state index contributed by atoms with van der Waals surface area (Å²) in [4.78, 5) is 24.2. The number of likely N-dealkylation sites (tertiary alicyclic amines) is 1. The molecule has 0 aromatic heterocycles. The van der Waals surface area contributed by atoms with Gasteiger partial charge in [-0.15, -0.1) is 0 Å². The molecule has 1 atom stereocenters. The Kier molecular flexibility index (Phi) is 6.08. The average Bonchev–Trinajstić information content (AvgIpc) is 2.96. The highest BCUT2D eigenvalue weighted by Crippen LogP contribution is 2.28. The van der Waals surface area contributed by atoms with E-state index in [-0.39, 0.29) is 27.9 Å². The maximum atomic E-state index is 12.3. The van der Waals surface area contributed by atoms with Crippen molar-refractivity contribution in [3.8, 4) is 0 Å². The van der Waals surface area contributed by atoms with Crippen LogP contribution >= 0.6 is 23.2 Å². The summed E-state index contributed by atoms with van der Waals surface area (Å²) >= 11 is 11.7. The van der Waals surface area contributed by atoms with Crippen molar-refractivity contribution in [1.29, 1.82) is 0 Å². The summed E-state index contributed by atoms with van der Waals surface area (Å²) in [5.41, 5.74) is 0. The van der Waals surface area contributed by atoms with Gasteiger partial charge in [-0.3, -0.25) is 4.79 Å². The summed E-state index contributed by atoms with van der Waals surface area (Å²) in [6.07, 6.45) is 0.872. The van der Waals surface area contributed by atoms with Gasteiger partial charge >= 0.3 is 5.97 Å². The van der Waals surface area contributed by atoms with E-state index in [0.29, 0.717) is 19.4 Å². The first-order valence-corrected chi connectivity index (χ1v) is 9.44. The Morgan fingerprint density at radius 2 is 1.92 bits per heavy atom. The van der Waals surface area contributed by atoms with Gasteiger partial charge < -0.3 is 10.0 Å². The SMILES string of the molecule is O=C(O)[C@H]1CCCN1C(=O)CCNS(=O)(=O)c1c(Cl)cccc1Cl. The van der Waals surface area contributed by atoms with E-state index in [1.54, 1.807) is 0 Å². The molecule has 0 aliphatic carbocycles. The molecule has 0 unspecified atom stereocenters. The number of carbonyl (C=O) groups is 2. The minimum atomic E-state index is -3.97. The summed E-state index contributed by atoms with van der Waals surface area (Å²) in [7, 11) is -3.97. The zero-order chi connectivity index (χ0) is 17.9. The molecule has 1 aromatic carbocycles. The minimum Gasteiger partial charge on any atom is -0.480 e. The van der Waals surface area contributed by atoms with Gasteiger partial charge in [-0.2, -0.15) is 0 Å². The highest BCUT2D eigenvalue weighted by atomic mass is 35.5. The summed E-state index contributed by atoms with van der Waals surface area (Å²) in [6.45, 7) is 0.185. The molecule has 1 aliphatic rings. The number of benzene rings is 1. The Balaban J connectivity index is 1.98. The third-order valence-corrected chi connectivity index (χ3v) is 6.09. The summed E-state index contributed by atoms with van der Waals surface area (Å²) in [5, 5.41) is 9.02. The maximum absolute atomic E-state index is 12.3. The lowest BCUT2D eigenvalue weighted by Crippen LogP contribution is -2.41. The van der Waals surface area contributed by atoms with Crippen LogP contribution in [0.4, 0.5) is 0 Å². The van der Waals surface area contributed by atoms with Gasteiger partial charge in [0.25, 0.3) is 0 Å². The molecule has 0 spiro atoms. The van der Waals surface area contributed by atoms with E-state index < -0.39 is 27.9 Å². The molecule has 1 saturated heterocycles. The van der Waals surface area contributed by atoms with Crippen LogP contribution in [0.1, 0.15) is 19.3 Å². The third kappa shape index (κ3) is 4.18. The van der Waals surface area contributed by atoms with Gasteiger partial charge in [0.2, 0.25) is 15.9 Å². The first-order chi connectivity index (χ1) is 11.2. The van der Waals surface area contributed by atoms with Crippen LogP contribution in [0.2, 0.25) is 10.0 Å². The average molecular weight is 395 g/mol. The van der Waals surface area contributed by atoms with Crippen molar-refractivity contribution in [2.45, 2.75) is 30.2 Å². The summed E-state index contributed by atoms with van der Waals surface area (Å²) in [5.74, 6) is -1.46. The second kappa shape index (κ2) is 7.69. The highest BCUT2D eigenvalue weighted by molar-refractivity contribution is 7.89. The zero-order valence-corrected chi connectivity index (χ0v) is 14.9. The molecule has 0 radical (unpaired) electrons. The smallest absolute Gasteiger partial charge is 0.326 e. The number of hydrogen-bond acceptors (Lipinski definition) is 4. The molecule has 0 saturated carbocycles. The molecule has 10 heteroatoms. The number of aliphatic carboxylic acids is 1. The van der Waals surface area contributed by atoms with Gasteiger partial charge in [-0.25, -0.2) is 17.9 Å². The topological polar surface area (TPSA) is 104 Å². The van der Waals surface area contributed by atoms with E-state index in [4.69, 9.17) is 28.3 Å². The number of nitrogens with one attached hydrogen (secondary N) is 1. The van der Waals surface area contributed by atoms with E-state index in [2.05, 4.69) is 4.72 Å². The number of rotatable bonds is 6. The Morgan fingerprint density at radius 1 is 1.29 bits per heavy atom. The maximum Gasteiger partial charge on any atom is 0.326 e. The molecule has 0 bridgehead atoms. The minimum absolute atomic E-state index is 0.0215. The van der Waals surface area contributed by atoms with Crippen molar-refractivity contribution >= 4 is 45.1 Å². The van der Waals surface area contributed by atoms with Crippen LogP contribution in [0.5, 0.6) is 0 Å². The number of hydrogen-bond donors (Lipinski definition) is 2. The second-order valence-electron chi connectivity index (χ2n) is 5.28. The van der Waals surface area contributed by atoms with Crippen LogP contribution < -0.4 is 4.72 Å². The number of carbonyl (C=O) groups excluding carboxylic acids is 1. The van der Waals surface area contributed by atoms with Crippen LogP contribution in [0.3, 0.4) is 0 Å². The lowest BCUT2D eigenvalue weighted by molar-refractivity contribution is -0.148. The number of carboxylic acid groups (broad SMARTS) is 1. The first-order valence-electron chi connectivity index (χ1n) is 7.20. The molecule has 7 nitrogen and oxygen atoms in total. The molecule has 1 heterocycles. The third-order valence-electron chi connectivity index (χ3n) is 3.68. The van der Waals surface area contributed by atoms with Gasteiger partial charge in [-0.05, 0) is 25.0 Å². The molecule has 1 aromatic rings. The quantitative estimate of drug-likeness (QED) is 0.764. The second-order valence-corrected chi connectivity index (χ2v) is 7.80. The fourth-order valence-electron chi connectivity index (χ4n) is 2.57. The molecular weight excluding hydrogens is 379 g/mol. The predicted molar refractivity (Wildman–Crippen MR) is 88.6 cm³/mol. The van der Waals surface area contributed by atoms with Gasteiger partial charge in [0.05, 0.1) is 10.0 Å². The lowest BCUT2D eigenvalue weighted by Gasteiger charge is -2.21. The largest absolute Gasteiger partial charge is 0.480 e. The summed E-state index contributed by atoms with van der Waals surface area (Å²) in [6, 6.07) is 3.48. The number of carboxylic acids is 1. The van der Waals surface area contributed by atoms with Crippen molar-refractivity contribution < 1.29 is 23.1 Å². The van der Waals surface area contributed by atoms with Crippen molar-refractivity contribution in [1.82, 2.24) is 9.62 Å². The Labute approximate surface area is 149 Å². The first kappa shape index (κ1) is 19.0. The molecule has 2 N–H and O–H groups in total. The fraction of sp³-hybridized carbons (Fsp3) is 0.429. The molecule has 132 valence electrons. The van der Waals surface area contributed by atoms with Gasteiger partial charge in [-0.1, -0.05) is 29.3 Å². The van der Waals surface area contributed by atoms with E-state index >= 15 is 0 Å². The molecule has 24 heavy (non-hydrogen) atoms. The van der Waals surface area contributed by atoms with E-state index in [9.17, 15) is 18.0 Å². The molecule has 2 rings (SSSR count). The van der Waals surface area contributed by atoms with Crippen LogP contribution in [0.25, 0.3) is 0 Å². The van der Waals surface area contributed by atoms with E-state index in [0.717, 1.165) is 0 Å². The van der Waals surface area contributed by atoms with Crippen molar-refractivity contribution in [2.24, 2.45) is 0 Å². The summed E-state index contributed by atoms with van der Waals surface area (Å²) < 4.78 is 26.8. The lowest BCUT2D eigenvalue weighted by atomic mass is 10.2. The number of halogens is 2. The van der Waals surface area contributed by atoms with Crippen LogP contribution in [0.15, 0.2) is 23.1 Å². The molecular formula is C14H16Cl2N2O5S. The van der Waals surface area contributed by atoms with Gasteiger partial charge in [0, 0.05) is 19.5 Å². The molecule has 1 amide bonds. The standard InChI is InChI=1S/C14H16Cl2N2O5S/c15-9-3-1-4-10(16)13(9)24(22,23)17-7-6-12(19)18-8-2-5-11(18)14(20)21/h1,3-4,11,17H,2,5-8H2,(H,20,21)/t11-/m1/s1. The van der Waals surface area contributed by atoms with Crippen molar-refractivity contribution in [3.05, 3.63) is 28.2 Å². The van der Waals surface area contributed by atoms with Crippen LogP contribution in [0, 0.1) is 0 Å². The van der Waals surface area contributed by atoms with Crippen LogP contribution in [-0.4, -0.2) is 49.4 Å². The van der Waals surface area contributed by atoms with Crippen molar-refractivity contribution in [2.75, 3.05) is 13.1 Å². The Morgan fingerprint density at radius 3 is 2.50 bits per heavy atom. The van der Waals surface area contributed by atoms with Crippen molar-refractivity contribution in [3.63, 3.8) is 0 Å². The zero-order valence-electron chi connectivity index (χ0n) is 12.5. The van der Waals surface area contributed by atoms with Gasteiger partial charge in [0.1, 0.15) is 10.9 Å². The molecule has 1 fully saturated rings. The Bertz CT molecular complexity index is 733. The number of nitrogens with zero attached hydrogens (tertiary/aromatic N) is 1. The fourth-order valence-corrected chi connectivity index (χ4v) is 4.74. The Hall–Kier alpha value is -1.35. The number of amides is 1. The number of sulfonamides is 1. The molecule has 1 aliphatic heterocycles. The van der Waals surface area contributed by atoms with Crippen LogP contribution in [-0.2, 0) is 19.6 Å². The highest BCUT2D eigenvalue weighted by Gasteiger charge is 2.33. The van der Waals surface area contributed by atoms with E-state index in [1.165, 1.54) is 23.1 Å². The van der Waals surface area contributed by atoms with Gasteiger partial charge in [0.15, 0.2) is 0 Å². The predicted octanol–water partition coefficient (Wildman–Crippen LogP) is 1.74. The normalized spacial score (nSPS) is 17.9.